The normalized spacial score (nSPS) is 15.2. The van der Waals surface area contributed by atoms with Gasteiger partial charge < -0.3 is 19.5 Å². The lowest BCUT2D eigenvalue weighted by Gasteiger charge is -2.17. The standard InChI is InChI=1S/C25H24N4O4/c1-32-21-10-16(9-18(13-21)25(31)29-8-6-20(30)15-29)11-24-27-7-5-22(28-24)17-3-4-23(33-2)19(12-17)14-26/h3-5,7,9-10,12-13,20,30H,6,8,11,15H2,1-2H3/t20-/m1/s1. The lowest BCUT2D eigenvalue weighted by Crippen LogP contribution is -2.29. The molecule has 1 saturated heterocycles. The summed E-state index contributed by atoms with van der Waals surface area (Å²) in [5.74, 6) is 1.52. The number of hydrogen-bond donors (Lipinski definition) is 1. The Bertz CT molecular complexity index is 1220. The summed E-state index contributed by atoms with van der Waals surface area (Å²) in [5.41, 5.74) is 3.23. The van der Waals surface area contributed by atoms with E-state index in [2.05, 4.69) is 16.0 Å². The molecule has 1 amide bonds. The average Bonchev–Trinajstić information content (AvgIpc) is 3.29. The molecule has 0 saturated carbocycles. The molecule has 1 aromatic heterocycles. The third-order valence-corrected chi connectivity index (χ3v) is 5.58. The van der Waals surface area contributed by atoms with Crippen LogP contribution in [0, 0.1) is 11.3 Å². The number of benzene rings is 2. The molecule has 0 spiro atoms. The van der Waals surface area contributed by atoms with Crippen molar-refractivity contribution in [2.24, 2.45) is 0 Å². The van der Waals surface area contributed by atoms with E-state index in [4.69, 9.17) is 9.47 Å². The molecule has 33 heavy (non-hydrogen) atoms. The number of nitriles is 1. The zero-order chi connectivity index (χ0) is 23.4. The van der Waals surface area contributed by atoms with E-state index in [1.807, 2.05) is 18.2 Å². The van der Waals surface area contributed by atoms with E-state index in [1.54, 1.807) is 42.5 Å². The molecule has 0 radical (unpaired) electrons. The molecule has 168 valence electrons. The number of amides is 1. The van der Waals surface area contributed by atoms with Crippen LogP contribution in [0.3, 0.4) is 0 Å². The highest BCUT2D eigenvalue weighted by atomic mass is 16.5. The molecular weight excluding hydrogens is 420 g/mol. The van der Waals surface area contributed by atoms with Crippen molar-refractivity contribution in [1.82, 2.24) is 14.9 Å². The summed E-state index contributed by atoms with van der Waals surface area (Å²) in [6.07, 6.45) is 2.18. The van der Waals surface area contributed by atoms with Gasteiger partial charge in [-0.25, -0.2) is 9.97 Å². The predicted molar refractivity (Wildman–Crippen MR) is 121 cm³/mol. The maximum Gasteiger partial charge on any atom is 0.254 e. The summed E-state index contributed by atoms with van der Waals surface area (Å²) >= 11 is 0. The quantitative estimate of drug-likeness (QED) is 0.623. The third-order valence-electron chi connectivity index (χ3n) is 5.58. The fraction of sp³-hybridized carbons (Fsp3) is 0.280. The lowest BCUT2D eigenvalue weighted by atomic mass is 10.0. The molecule has 2 heterocycles. The number of methoxy groups -OCH3 is 2. The highest BCUT2D eigenvalue weighted by Crippen LogP contribution is 2.26. The number of aromatic nitrogens is 2. The zero-order valence-corrected chi connectivity index (χ0v) is 18.5. The molecule has 2 aromatic carbocycles. The third kappa shape index (κ3) is 4.94. The highest BCUT2D eigenvalue weighted by Gasteiger charge is 2.26. The van der Waals surface area contributed by atoms with Crippen LogP contribution >= 0.6 is 0 Å². The molecule has 1 fully saturated rings. The van der Waals surface area contributed by atoms with E-state index in [9.17, 15) is 15.2 Å². The summed E-state index contributed by atoms with van der Waals surface area (Å²) in [6, 6.07) is 14.6. The maximum atomic E-state index is 12.9. The van der Waals surface area contributed by atoms with E-state index in [1.165, 1.54) is 7.11 Å². The monoisotopic (exact) mass is 444 g/mol. The minimum absolute atomic E-state index is 0.136. The summed E-state index contributed by atoms with van der Waals surface area (Å²) in [6.45, 7) is 0.868. The van der Waals surface area contributed by atoms with Crippen LogP contribution in [0.25, 0.3) is 11.3 Å². The number of aliphatic hydroxyl groups is 1. The van der Waals surface area contributed by atoms with E-state index >= 15 is 0 Å². The van der Waals surface area contributed by atoms with Gasteiger partial charge in [-0.2, -0.15) is 5.26 Å². The first kappa shape index (κ1) is 22.2. The van der Waals surface area contributed by atoms with Crippen molar-refractivity contribution in [2.45, 2.75) is 18.9 Å². The van der Waals surface area contributed by atoms with Crippen molar-refractivity contribution < 1.29 is 19.4 Å². The van der Waals surface area contributed by atoms with Gasteiger partial charge in [0.25, 0.3) is 5.91 Å². The van der Waals surface area contributed by atoms with Crippen LogP contribution < -0.4 is 9.47 Å². The highest BCUT2D eigenvalue weighted by molar-refractivity contribution is 5.95. The molecule has 8 nitrogen and oxygen atoms in total. The molecule has 0 bridgehead atoms. The Hall–Kier alpha value is -3.96. The molecule has 3 aromatic rings. The van der Waals surface area contributed by atoms with E-state index in [0.717, 1.165) is 11.1 Å². The Labute approximate surface area is 192 Å². The molecule has 0 unspecified atom stereocenters. The van der Waals surface area contributed by atoms with Crippen molar-refractivity contribution in [3.8, 4) is 28.8 Å². The van der Waals surface area contributed by atoms with Crippen LogP contribution in [-0.4, -0.2) is 59.3 Å². The van der Waals surface area contributed by atoms with Crippen LogP contribution in [0.5, 0.6) is 11.5 Å². The predicted octanol–water partition coefficient (Wildman–Crippen LogP) is 2.83. The summed E-state index contributed by atoms with van der Waals surface area (Å²) in [7, 11) is 3.08. The number of aliphatic hydroxyl groups excluding tert-OH is 1. The summed E-state index contributed by atoms with van der Waals surface area (Å²) in [4.78, 5) is 23.6. The Morgan fingerprint density at radius 2 is 2.06 bits per heavy atom. The fourth-order valence-corrected chi connectivity index (χ4v) is 3.90. The van der Waals surface area contributed by atoms with E-state index in [0.29, 0.717) is 60.1 Å². The molecule has 1 aliphatic heterocycles. The van der Waals surface area contributed by atoms with Crippen molar-refractivity contribution in [1.29, 1.82) is 5.26 Å². The summed E-state index contributed by atoms with van der Waals surface area (Å²) < 4.78 is 10.6. The Balaban J connectivity index is 1.61. The smallest absolute Gasteiger partial charge is 0.254 e. The number of hydrogen-bond acceptors (Lipinski definition) is 7. The van der Waals surface area contributed by atoms with Crippen LogP contribution in [0.1, 0.15) is 33.7 Å². The molecule has 1 atom stereocenters. The first-order valence-corrected chi connectivity index (χ1v) is 10.6. The van der Waals surface area contributed by atoms with Gasteiger partial charge in [-0.1, -0.05) is 0 Å². The number of likely N-dealkylation sites (tertiary alicyclic amines) is 1. The molecule has 1 aliphatic rings. The SMILES string of the molecule is COc1cc(Cc2nccc(-c3ccc(OC)c(C#N)c3)n2)cc(C(=O)N2CC[C@@H](O)C2)c1. The Morgan fingerprint density at radius 1 is 1.21 bits per heavy atom. The number of nitrogens with zero attached hydrogens (tertiary/aromatic N) is 4. The average molecular weight is 444 g/mol. The topological polar surface area (TPSA) is 109 Å². The van der Waals surface area contributed by atoms with Crippen molar-refractivity contribution in [3.05, 3.63) is 71.2 Å². The van der Waals surface area contributed by atoms with Gasteiger partial charge in [-0.15, -0.1) is 0 Å². The van der Waals surface area contributed by atoms with Crippen LogP contribution in [0.4, 0.5) is 0 Å². The fourth-order valence-electron chi connectivity index (χ4n) is 3.90. The number of carbonyl (C=O) groups excluding carboxylic acids is 1. The first-order valence-electron chi connectivity index (χ1n) is 10.6. The molecule has 0 aliphatic carbocycles. The van der Waals surface area contributed by atoms with Gasteiger partial charge in [0.15, 0.2) is 0 Å². The lowest BCUT2D eigenvalue weighted by molar-refractivity contribution is 0.0764. The largest absolute Gasteiger partial charge is 0.497 e. The number of carbonyl (C=O) groups is 1. The second-order valence-corrected chi connectivity index (χ2v) is 7.83. The van der Waals surface area contributed by atoms with Gasteiger partial charge in [-0.3, -0.25) is 4.79 Å². The van der Waals surface area contributed by atoms with Gasteiger partial charge in [0, 0.05) is 36.8 Å². The van der Waals surface area contributed by atoms with Crippen LogP contribution in [-0.2, 0) is 6.42 Å². The van der Waals surface area contributed by atoms with Crippen LogP contribution in [0.15, 0.2) is 48.7 Å². The summed E-state index contributed by atoms with van der Waals surface area (Å²) in [5, 5.41) is 19.1. The molecule has 8 heteroatoms. The minimum atomic E-state index is -0.477. The second kappa shape index (κ2) is 9.67. The second-order valence-electron chi connectivity index (χ2n) is 7.83. The number of β-amino-alcohol motifs (C(OH)–C–C–N with tert-alkyl or cyclic N) is 1. The van der Waals surface area contributed by atoms with Gasteiger partial charge in [0.05, 0.1) is 31.6 Å². The maximum absolute atomic E-state index is 12.9. The Morgan fingerprint density at radius 3 is 2.76 bits per heavy atom. The first-order chi connectivity index (χ1) is 16.0. The zero-order valence-electron chi connectivity index (χ0n) is 18.5. The molecular formula is C25H24N4O4. The van der Waals surface area contributed by atoms with E-state index in [-0.39, 0.29) is 5.91 Å². The molecule has 1 N–H and O–H groups in total. The van der Waals surface area contributed by atoms with Gasteiger partial charge >= 0.3 is 0 Å². The van der Waals surface area contributed by atoms with E-state index < -0.39 is 6.10 Å². The van der Waals surface area contributed by atoms with Crippen molar-refractivity contribution in [2.75, 3.05) is 27.3 Å². The minimum Gasteiger partial charge on any atom is -0.497 e. The van der Waals surface area contributed by atoms with Gasteiger partial charge in [0.1, 0.15) is 23.4 Å². The van der Waals surface area contributed by atoms with Crippen molar-refractivity contribution >= 4 is 5.91 Å². The Kier molecular flexibility index (Phi) is 6.52. The molecule has 4 rings (SSSR count). The number of ether oxygens (including phenoxy) is 2. The van der Waals surface area contributed by atoms with Crippen LogP contribution in [0.2, 0.25) is 0 Å². The van der Waals surface area contributed by atoms with Gasteiger partial charge in [0.2, 0.25) is 0 Å². The van der Waals surface area contributed by atoms with Gasteiger partial charge in [-0.05, 0) is 54.4 Å². The number of rotatable bonds is 6. The van der Waals surface area contributed by atoms with Crippen molar-refractivity contribution in [3.63, 3.8) is 0 Å².